The fraction of sp³-hybridized carbons (Fsp3) is 0.444. The van der Waals surface area contributed by atoms with Crippen molar-refractivity contribution in [2.45, 2.75) is 25.2 Å². The van der Waals surface area contributed by atoms with Crippen LogP contribution in [-0.2, 0) is 4.79 Å². The highest BCUT2D eigenvalue weighted by Crippen LogP contribution is 2.30. The van der Waals surface area contributed by atoms with E-state index < -0.39 is 0 Å². The minimum absolute atomic E-state index is 0.176. The number of hydrogen-bond donors (Lipinski definition) is 1. The van der Waals surface area contributed by atoms with Crippen LogP contribution in [0.25, 0.3) is 11.5 Å². The summed E-state index contributed by atoms with van der Waals surface area (Å²) in [7, 11) is 0. The van der Waals surface area contributed by atoms with Gasteiger partial charge in [-0.25, -0.2) is 0 Å². The normalized spacial score (nSPS) is 20.5. The summed E-state index contributed by atoms with van der Waals surface area (Å²) in [5.74, 6) is 0.701. The molecule has 1 saturated carbocycles. The average Bonchev–Trinajstić information content (AvgIpc) is 2.96. The molecule has 7 nitrogen and oxygen atoms in total. The third-order valence-electron chi connectivity index (χ3n) is 2.69. The predicted octanol–water partition coefficient (Wildman–Crippen LogP) is 0.691. The average molecular weight is 219 g/mol. The van der Waals surface area contributed by atoms with Crippen LogP contribution < -0.4 is 0 Å². The van der Waals surface area contributed by atoms with E-state index in [4.69, 9.17) is 4.52 Å². The summed E-state index contributed by atoms with van der Waals surface area (Å²) in [5.41, 5.74) is 0.514. The van der Waals surface area contributed by atoms with Gasteiger partial charge in [0, 0.05) is 6.42 Å². The molecule has 3 rings (SSSR count). The number of hydrogen-bond acceptors (Lipinski definition) is 6. The number of nitrogens with zero attached hydrogens (tertiary/aromatic N) is 4. The molecule has 2 aromatic rings. The van der Waals surface area contributed by atoms with Crippen LogP contribution in [0.4, 0.5) is 0 Å². The maximum Gasteiger partial charge on any atom is 0.237 e. The summed E-state index contributed by atoms with van der Waals surface area (Å²) in [6, 6.07) is 0. The molecule has 7 heteroatoms. The van der Waals surface area contributed by atoms with Crippen molar-refractivity contribution in [3.63, 3.8) is 0 Å². The van der Waals surface area contributed by atoms with Gasteiger partial charge in [0.25, 0.3) is 0 Å². The SMILES string of the molecule is O=C1CCCC1c1nc(-c2cn[nH]n2)no1. The molecule has 1 unspecified atom stereocenters. The molecule has 0 spiro atoms. The first kappa shape index (κ1) is 9.20. The van der Waals surface area contributed by atoms with Crippen molar-refractivity contribution in [1.82, 2.24) is 25.6 Å². The number of ketones is 1. The molecule has 0 aliphatic heterocycles. The second-order valence-corrected chi connectivity index (χ2v) is 3.72. The van der Waals surface area contributed by atoms with Gasteiger partial charge >= 0.3 is 0 Å². The van der Waals surface area contributed by atoms with E-state index in [0.717, 1.165) is 12.8 Å². The molecule has 2 heterocycles. The van der Waals surface area contributed by atoms with Crippen LogP contribution >= 0.6 is 0 Å². The molecule has 2 aromatic heterocycles. The summed E-state index contributed by atoms with van der Waals surface area (Å²) in [6.07, 6.45) is 3.79. The molecule has 0 radical (unpaired) electrons. The van der Waals surface area contributed by atoms with Gasteiger partial charge in [-0.05, 0) is 12.8 Å². The van der Waals surface area contributed by atoms with E-state index in [1.54, 1.807) is 0 Å². The van der Waals surface area contributed by atoms with Gasteiger partial charge in [0.2, 0.25) is 11.7 Å². The molecular weight excluding hydrogens is 210 g/mol. The highest BCUT2D eigenvalue weighted by molar-refractivity contribution is 5.86. The topological polar surface area (TPSA) is 97.6 Å². The summed E-state index contributed by atoms with van der Waals surface area (Å²) >= 11 is 0. The fourth-order valence-corrected chi connectivity index (χ4v) is 1.87. The molecule has 82 valence electrons. The van der Waals surface area contributed by atoms with Crippen molar-refractivity contribution in [2.24, 2.45) is 0 Å². The van der Waals surface area contributed by atoms with Gasteiger partial charge in [-0.2, -0.15) is 20.4 Å². The van der Waals surface area contributed by atoms with Crippen LogP contribution in [0.5, 0.6) is 0 Å². The molecule has 0 aromatic carbocycles. The standard InChI is InChI=1S/C9H9N5O2/c15-7-3-1-2-5(7)9-11-8(13-16-9)6-4-10-14-12-6/h4-5H,1-3H2,(H,10,12,14). The van der Waals surface area contributed by atoms with Crippen molar-refractivity contribution in [3.8, 4) is 11.5 Å². The van der Waals surface area contributed by atoms with Crippen molar-refractivity contribution in [1.29, 1.82) is 0 Å². The minimum Gasteiger partial charge on any atom is -0.338 e. The van der Waals surface area contributed by atoms with Gasteiger partial charge in [0.1, 0.15) is 5.78 Å². The number of aromatic amines is 1. The zero-order valence-electron chi connectivity index (χ0n) is 8.38. The zero-order valence-corrected chi connectivity index (χ0v) is 8.38. The van der Waals surface area contributed by atoms with Gasteiger partial charge in [0.05, 0.1) is 12.1 Å². The Kier molecular flexibility index (Phi) is 2.02. The lowest BCUT2D eigenvalue weighted by Crippen LogP contribution is -2.04. The number of rotatable bonds is 2. The Morgan fingerprint density at radius 3 is 3.12 bits per heavy atom. The highest BCUT2D eigenvalue weighted by atomic mass is 16.5. The lowest BCUT2D eigenvalue weighted by Gasteiger charge is -1.98. The molecule has 0 saturated heterocycles. The summed E-state index contributed by atoms with van der Waals surface area (Å²) in [5, 5.41) is 13.7. The van der Waals surface area contributed by atoms with E-state index >= 15 is 0 Å². The summed E-state index contributed by atoms with van der Waals surface area (Å²) in [4.78, 5) is 15.7. The number of carbonyl (C=O) groups is 1. The molecule has 1 fully saturated rings. The third-order valence-corrected chi connectivity index (χ3v) is 2.69. The largest absolute Gasteiger partial charge is 0.338 e. The Morgan fingerprint density at radius 1 is 1.50 bits per heavy atom. The van der Waals surface area contributed by atoms with Crippen LogP contribution in [0.1, 0.15) is 31.1 Å². The van der Waals surface area contributed by atoms with E-state index in [1.807, 2.05) is 0 Å². The molecule has 0 bridgehead atoms. The number of carbonyl (C=O) groups excluding carboxylic acids is 1. The van der Waals surface area contributed by atoms with Crippen LogP contribution in [0, 0.1) is 0 Å². The van der Waals surface area contributed by atoms with Crippen LogP contribution in [0.3, 0.4) is 0 Å². The first-order valence-corrected chi connectivity index (χ1v) is 5.07. The minimum atomic E-state index is -0.229. The smallest absolute Gasteiger partial charge is 0.237 e. The van der Waals surface area contributed by atoms with E-state index in [-0.39, 0.29) is 11.7 Å². The number of aromatic nitrogens is 5. The molecule has 0 amide bonds. The maximum atomic E-state index is 11.5. The highest BCUT2D eigenvalue weighted by Gasteiger charge is 2.31. The van der Waals surface area contributed by atoms with E-state index in [9.17, 15) is 4.79 Å². The van der Waals surface area contributed by atoms with E-state index in [1.165, 1.54) is 6.20 Å². The lowest BCUT2D eigenvalue weighted by atomic mass is 10.1. The van der Waals surface area contributed by atoms with Gasteiger partial charge in [-0.15, -0.1) is 0 Å². The van der Waals surface area contributed by atoms with Gasteiger partial charge < -0.3 is 4.52 Å². The van der Waals surface area contributed by atoms with Crippen molar-refractivity contribution < 1.29 is 9.32 Å². The second kappa shape index (κ2) is 3.51. The molecule has 1 aliphatic rings. The monoisotopic (exact) mass is 219 g/mol. The molecule has 1 N–H and O–H groups in total. The summed E-state index contributed by atoms with van der Waals surface area (Å²) < 4.78 is 5.08. The third kappa shape index (κ3) is 1.40. The first-order valence-electron chi connectivity index (χ1n) is 5.07. The number of Topliss-reactive ketones (excluding diaryl/α,β-unsaturated/α-hetero) is 1. The quantitative estimate of drug-likeness (QED) is 0.797. The van der Waals surface area contributed by atoms with Crippen molar-refractivity contribution >= 4 is 5.78 Å². The summed E-state index contributed by atoms with van der Waals surface area (Å²) in [6.45, 7) is 0. The van der Waals surface area contributed by atoms with E-state index in [2.05, 4.69) is 25.6 Å². The maximum absolute atomic E-state index is 11.5. The molecule has 1 aliphatic carbocycles. The van der Waals surface area contributed by atoms with Crippen LogP contribution in [-0.4, -0.2) is 31.3 Å². The molecule has 1 atom stereocenters. The Morgan fingerprint density at radius 2 is 2.44 bits per heavy atom. The Bertz CT molecular complexity index is 504. The fourth-order valence-electron chi connectivity index (χ4n) is 1.87. The van der Waals surface area contributed by atoms with E-state index in [0.29, 0.717) is 23.8 Å². The molecule has 16 heavy (non-hydrogen) atoms. The second-order valence-electron chi connectivity index (χ2n) is 3.72. The Hall–Kier alpha value is -2.05. The Labute approximate surface area is 90.2 Å². The van der Waals surface area contributed by atoms with Gasteiger partial charge in [-0.1, -0.05) is 5.16 Å². The number of nitrogens with one attached hydrogen (secondary N) is 1. The van der Waals surface area contributed by atoms with Crippen molar-refractivity contribution in [2.75, 3.05) is 0 Å². The number of H-pyrrole nitrogens is 1. The zero-order chi connectivity index (χ0) is 11.0. The first-order chi connectivity index (χ1) is 7.84. The molecular formula is C9H9N5O2. The van der Waals surface area contributed by atoms with Crippen molar-refractivity contribution in [3.05, 3.63) is 12.1 Å². The predicted molar refractivity (Wildman–Crippen MR) is 51.3 cm³/mol. The Balaban J connectivity index is 1.91. The van der Waals surface area contributed by atoms with Gasteiger partial charge in [-0.3, -0.25) is 4.79 Å². The van der Waals surface area contributed by atoms with Gasteiger partial charge in [0.15, 0.2) is 5.69 Å². The van der Waals surface area contributed by atoms with Crippen LogP contribution in [0.2, 0.25) is 0 Å². The lowest BCUT2D eigenvalue weighted by molar-refractivity contribution is -0.119. The van der Waals surface area contributed by atoms with Crippen LogP contribution in [0.15, 0.2) is 10.7 Å².